The first-order valence-corrected chi connectivity index (χ1v) is 39.3. The number of hydrogen-bond acceptors (Lipinski definition) is 2. The van der Waals surface area contributed by atoms with E-state index in [4.69, 9.17) is 0 Å². The number of anilines is 6. The Morgan fingerprint density at radius 1 is 0.234 bits per heavy atom. The molecule has 0 bridgehead atoms. The molecule has 5 heteroatoms. The highest BCUT2D eigenvalue weighted by molar-refractivity contribution is 7.00. The summed E-state index contributed by atoms with van der Waals surface area (Å²) < 4.78 is 5.20. The molecule has 2 aliphatic heterocycles. The zero-order chi connectivity index (χ0) is 74.9. The van der Waals surface area contributed by atoms with Crippen LogP contribution in [0.1, 0.15) is 79.0 Å². The van der Waals surface area contributed by atoms with Crippen molar-refractivity contribution in [2.45, 2.75) is 78.6 Å². The quantitative estimate of drug-likeness (QED) is 0.111. The van der Waals surface area contributed by atoms with Crippen molar-refractivity contribution in [3.8, 4) is 55.9 Å². The molecule has 21 rings (SSSR count). The molecule has 0 spiro atoms. The van der Waals surface area contributed by atoms with Crippen molar-refractivity contribution in [3.05, 3.63) is 356 Å². The second-order valence-electron chi connectivity index (χ2n) is 33.9. The van der Waals surface area contributed by atoms with E-state index in [9.17, 15) is 0 Å². The predicted octanol–water partition coefficient (Wildman–Crippen LogP) is 27.1. The zero-order valence-corrected chi connectivity index (χ0v) is 64.2. The molecule has 0 saturated heterocycles. The Morgan fingerprint density at radius 3 is 0.829 bits per heavy atom. The van der Waals surface area contributed by atoms with Gasteiger partial charge in [0.1, 0.15) is 0 Å². The highest BCUT2D eigenvalue weighted by Gasteiger charge is 2.47. The molecule has 17 aromatic carbocycles. The second kappa shape index (κ2) is 24.8. The number of fused-ring (bicyclic) bond motifs is 20. The summed E-state index contributed by atoms with van der Waals surface area (Å²) in [5.74, 6) is 0. The first-order valence-electron chi connectivity index (χ1n) is 39.3. The fourth-order valence-corrected chi connectivity index (χ4v) is 18.9. The minimum absolute atomic E-state index is 0.211. The summed E-state index contributed by atoms with van der Waals surface area (Å²) >= 11 is 0. The fraction of sp³-hybridized carbons (Fsp3) is 0.113. The smallest absolute Gasteiger partial charge is 0.252 e. The van der Waals surface area contributed by atoms with Crippen LogP contribution < -0.4 is 26.2 Å². The van der Waals surface area contributed by atoms with Crippen molar-refractivity contribution in [2.24, 2.45) is 0 Å². The van der Waals surface area contributed by atoms with Gasteiger partial charge in [-0.15, -0.1) is 0 Å². The molecule has 530 valence electrons. The average Bonchev–Trinajstić information content (AvgIpc) is 1.30. The summed E-state index contributed by atoms with van der Waals surface area (Å²) in [7, 11) is 0. The fourth-order valence-electron chi connectivity index (χ4n) is 18.9. The molecule has 2 aliphatic rings. The average molecular weight is 1420 g/mol. The molecule has 0 N–H and O–H groups in total. The lowest BCUT2D eigenvalue weighted by Gasteiger charge is -2.47. The van der Waals surface area contributed by atoms with Gasteiger partial charge < -0.3 is 18.9 Å². The molecule has 0 fully saturated rings. The molecule has 0 aliphatic carbocycles. The largest absolute Gasteiger partial charge is 0.310 e. The van der Waals surface area contributed by atoms with Gasteiger partial charge in [-0.3, -0.25) is 0 Å². The van der Waals surface area contributed by atoms with E-state index in [2.05, 4.69) is 421 Å². The number of benzene rings is 17. The normalized spacial score (nSPS) is 13.0. The van der Waals surface area contributed by atoms with Crippen LogP contribution in [0.3, 0.4) is 0 Å². The molecule has 4 heterocycles. The van der Waals surface area contributed by atoms with E-state index in [0.29, 0.717) is 0 Å². The van der Waals surface area contributed by atoms with Gasteiger partial charge in [0.05, 0.1) is 33.4 Å². The Labute approximate surface area is 649 Å². The van der Waals surface area contributed by atoms with Gasteiger partial charge in [-0.1, -0.05) is 329 Å². The Balaban J connectivity index is 0.961. The van der Waals surface area contributed by atoms with Gasteiger partial charge in [-0.25, -0.2) is 0 Å². The summed E-state index contributed by atoms with van der Waals surface area (Å²) in [6.45, 7) is 21.2. The SMILES string of the molecule is CC(C)(C)c1cc(-c2ccccc2)c(N2c3cc(-n4c5ccccc5c5c6ccccc6c6ccccc6c54)ccc3B3c4ccc(-n5c6ccccc6c6c7ccccc7c7ccccc7c65)cc4N(c4c(-c5ccccc5)cc(C(C)(C)C)cc4-c4ccccc4)c4cc(C(C)(C)C)cc2c43)c(-c2ccccc2)c1. The molecule has 0 amide bonds. The molecule has 0 atom stereocenters. The minimum Gasteiger partial charge on any atom is -0.310 e. The van der Waals surface area contributed by atoms with Crippen LogP contribution in [0.4, 0.5) is 34.1 Å². The lowest BCUT2D eigenvalue weighted by Crippen LogP contribution is -2.61. The van der Waals surface area contributed by atoms with Gasteiger partial charge >= 0.3 is 0 Å². The summed E-state index contributed by atoms with van der Waals surface area (Å²) in [6, 6.07) is 130. The van der Waals surface area contributed by atoms with Crippen LogP contribution in [0.2, 0.25) is 0 Å². The molecule has 111 heavy (non-hydrogen) atoms. The van der Waals surface area contributed by atoms with Gasteiger partial charge in [0.2, 0.25) is 0 Å². The first-order chi connectivity index (χ1) is 54.0. The van der Waals surface area contributed by atoms with E-state index in [-0.39, 0.29) is 23.0 Å². The van der Waals surface area contributed by atoms with Crippen LogP contribution >= 0.6 is 0 Å². The van der Waals surface area contributed by atoms with E-state index in [0.717, 1.165) is 78.8 Å². The van der Waals surface area contributed by atoms with Crippen molar-refractivity contribution >= 4 is 144 Å². The molecule has 0 unspecified atom stereocenters. The lowest BCUT2D eigenvalue weighted by atomic mass is 9.33. The summed E-state index contributed by atoms with van der Waals surface area (Å²) in [5, 5.41) is 14.9. The van der Waals surface area contributed by atoms with Crippen LogP contribution in [0, 0.1) is 0 Å². The summed E-state index contributed by atoms with van der Waals surface area (Å²) in [6.07, 6.45) is 0. The number of nitrogens with zero attached hydrogens (tertiary/aromatic N) is 4. The monoisotopic (exact) mass is 1420 g/mol. The van der Waals surface area contributed by atoms with Crippen LogP contribution in [0.5, 0.6) is 0 Å². The van der Waals surface area contributed by atoms with Gasteiger partial charge in [-0.05, 0) is 177 Å². The van der Waals surface area contributed by atoms with Crippen molar-refractivity contribution in [3.63, 3.8) is 0 Å². The maximum atomic E-state index is 2.76. The molecule has 19 aromatic rings. The van der Waals surface area contributed by atoms with Crippen LogP contribution in [-0.4, -0.2) is 15.8 Å². The molecule has 0 radical (unpaired) electrons. The first kappa shape index (κ1) is 66.3. The van der Waals surface area contributed by atoms with Crippen LogP contribution in [-0.2, 0) is 16.2 Å². The second-order valence-corrected chi connectivity index (χ2v) is 33.9. The number of hydrogen-bond donors (Lipinski definition) is 0. The van der Waals surface area contributed by atoms with E-state index < -0.39 is 0 Å². The van der Waals surface area contributed by atoms with Gasteiger partial charge in [0, 0.05) is 88.7 Å². The van der Waals surface area contributed by atoms with Crippen LogP contribution in [0.15, 0.2) is 340 Å². The molecule has 4 nitrogen and oxygen atoms in total. The standard InChI is InChI=1S/C106H83BN4/c1-104(2,3)70-58-85(66-34-14-10-15-35-66)100(86(59-70)67-36-16-11-17-37-67)110-93-64-73(108-91-52-32-30-50-83(91)97-79-46-26-22-42-75(79)77-44-24-28-48-81(77)102(97)108)54-56-89(93)107-90-57-55-74(109-92-53-33-31-51-84(92)98-80-47-27-23-43-76(80)78-45-25-29-49-82(78)103(98)109)65-94(90)111(96-63-72(106(7,8)9)62-95(110)99(96)107)101-87(68-38-18-12-19-39-68)60-71(105(4,5)6)61-88(101)69-40-20-13-21-41-69/h10-65H,1-9H3. The molecule has 0 saturated carbocycles. The Kier molecular flexibility index (Phi) is 14.8. The topological polar surface area (TPSA) is 16.3 Å². The van der Waals surface area contributed by atoms with Crippen molar-refractivity contribution < 1.29 is 0 Å². The highest BCUT2D eigenvalue weighted by atomic mass is 15.2. The Morgan fingerprint density at radius 2 is 0.505 bits per heavy atom. The maximum Gasteiger partial charge on any atom is 0.252 e. The predicted molar refractivity (Wildman–Crippen MR) is 477 cm³/mol. The molecule has 2 aromatic heterocycles. The molecular formula is C106H83BN4. The maximum absolute atomic E-state index is 2.76. The van der Waals surface area contributed by atoms with E-state index >= 15 is 0 Å². The van der Waals surface area contributed by atoms with Gasteiger partial charge in [0.15, 0.2) is 0 Å². The number of aromatic nitrogens is 2. The Bertz CT molecular complexity index is 6530. The zero-order valence-electron chi connectivity index (χ0n) is 64.2. The van der Waals surface area contributed by atoms with Crippen molar-refractivity contribution in [1.29, 1.82) is 0 Å². The molecular weight excluding hydrogens is 1340 g/mol. The number of rotatable bonds is 8. The lowest BCUT2D eigenvalue weighted by molar-refractivity contribution is 0.590. The third-order valence-corrected chi connectivity index (χ3v) is 24.2. The number of para-hydroxylation sites is 2. The van der Waals surface area contributed by atoms with E-state index in [1.54, 1.807) is 0 Å². The van der Waals surface area contributed by atoms with E-state index in [1.807, 2.05) is 0 Å². The Hall–Kier alpha value is -13.0. The van der Waals surface area contributed by atoms with Crippen LogP contribution in [0.25, 0.3) is 143 Å². The van der Waals surface area contributed by atoms with Crippen molar-refractivity contribution in [1.82, 2.24) is 9.13 Å². The minimum atomic E-state index is -0.358. The van der Waals surface area contributed by atoms with Crippen molar-refractivity contribution in [2.75, 3.05) is 9.80 Å². The van der Waals surface area contributed by atoms with Gasteiger partial charge in [0.25, 0.3) is 6.71 Å². The third-order valence-electron chi connectivity index (χ3n) is 24.2. The summed E-state index contributed by atoms with van der Waals surface area (Å²) in [4.78, 5) is 5.51. The van der Waals surface area contributed by atoms with E-state index in [1.165, 1.54) is 131 Å². The third kappa shape index (κ3) is 10.2. The van der Waals surface area contributed by atoms with Gasteiger partial charge in [-0.2, -0.15) is 0 Å². The summed E-state index contributed by atoms with van der Waals surface area (Å²) in [5.41, 5.74) is 29.7. The highest BCUT2D eigenvalue weighted by Crippen LogP contribution is 2.57.